The molecule has 0 bridgehead atoms. The van der Waals surface area contributed by atoms with Crippen LogP contribution in [0.4, 0.5) is 5.69 Å². The Bertz CT molecular complexity index is 719. The summed E-state index contributed by atoms with van der Waals surface area (Å²) >= 11 is 27.0. The molecule has 1 atom stereocenters. The quantitative estimate of drug-likeness (QED) is 0.0708. The first-order chi connectivity index (χ1) is 16.2. The molecule has 1 rings (SSSR count). The second-order valence-corrected chi connectivity index (χ2v) is 12.2. The minimum Gasteiger partial charge on any atom is -0.339 e. The largest absolute Gasteiger partial charge is 0.339 e. The van der Waals surface area contributed by atoms with Crippen LogP contribution in [0.3, 0.4) is 0 Å². The zero-order valence-electron chi connectivity index (χ0n) is 20.1. The lowest BCUT2D eigenvalue weighted by Gasteiger charge is -2.28. The van der Waals surface area contributed by atoms with Gasteiger partial charge in [0, 0.05) is 10.9 Å². The molecular weight excluding hydrogens is 577 g/mol. The fourth-order valence-corrected chi connectivity index (χ4v) is 4.53. The summed E-state index contributed by atoms with van der Waals surface area (Å²) in [5.41, 5.74) is 0.765. The van der Waals surface area contributed by atoms with Crippen molar-refractivity contribution in [1.29, 1.82) is 0 Å². The minimum atomic E-state index is -1.76. The van der Waals surface area contributed by atoms with Gasteiger partial charge >= 0.3 is 0 Å². The number of alkyl halides is 3. The predicted molar refractivity (Wildman–Crippen MR) is 156 cm³/mol. The van der Waals surface area contributed by atoms with Crippen molar-refractivity contribution in [2.45, 2.75) is 107 Å². The first-order valence-corrected chi connectivity index (χ1v) is 14.8. The molecule has 0 heterocycles. The Labute approximate surface area is 234 Å². The molecule has 0 spiro atoms. The van der Waals surface area contributed by atoms with E-state index in [0.717, 1.165) is 29.4 Å². The third-order valence-corrected chi connectivity index (χ3v) is 7.10. The molecule has 0 radical (unpaired) electrons. The highest BCUT2D eigenvalue weighted by Gasteiger charge is 2.34. The zero-order valence-corrected chi connectivity index (χ0v) is 24.8. The van der Waals surface area contributed by atoms with Gasteiger partial charge in [-0.2, -0.15) is 0 Å². The molecule has 0 aliphatic heterocycles. The van der Waals surface area contributed by atoms with E-state index in [2.05, 4.69) is 38.8 Å². The van der Waals surface area contributed by atoms with Crippen LogP contribution < -0.4 is 16.0 Å². The molecule has 3 N–H and O–H groups in total. The molecule has 0 saturated carbocycles. The summed E-state index contributed by atoms with van der Waals surface area (Å²) in [7, 11) is 0. The van der Waals surface area contributed by atoms with Gasteiger partial charge < -0.3 is 16.0 Å². The van der Waals surface area contributed by atoms with E-state index < -0.39 is 9.96 Å². The zero-order chi connectivity index (χ0) is 25.2. The number of nitrogens with one attached hydrogen (secondary N) is 3. The Morgan fingerprint density at radius 2 is 1.38 bits per heavy atom. The molecule has 0 saturated heterocycles. The SMILES string of the molecule is CCCCCCCCCCCCCCCC(=O)N[C@H](NC(=S)Nc1ccccc1Br)C(Cl)(Cl)Cl. The van der Waals surface area contributed by atoms with Crippen LogP contribution in [-0.2, 0) is 4.79 Å². The fourth-order valence-electron chi connectivity index (χ4n) is 3.59. The number of hydrogen-bond donors (Lipinski definition) is 3. The summed E-state index contributed by atoms with van der Waals surface area (Å²) < 4.78 is -0.915. The van der Waals surface area contributed by atoms with E-state index in [1.807, 2.05) is 24.3 Å². The van der Waals surface area contributed by atoms with Gasteiger partial charge in [0.05, 0.1) is 5.69 Å². The number of halogens is 4. The monoisotopic (exact) mass is 613 g/mol. The van der Waals surface area contributed by atoms with Crippen LogP contribution >= 0.6 is 63.0 Å². The number of benzene rings is 1. The van der Waals surface area contributed by atoms with Crippen LogP contribution in [-0.4, -0.2) is 21.0 Å². The lowest BCUT2D eigenvalue weighted by Crippen LogP contribution is -2.56. The average molecular weight is 616 g/mol. The maximum absolute atomic E-state index is 12.4. The predicted octanol–water partition coefficient (Wildman–Crippen LogP) is 9.03. The molecule has 34 heavy (non-hydrogen) atoms. The summed E-state index contributed by atoms with van der Waals surface area (Å²) in [6.07, 6.45) is 15.8. The molecule has 0 fully saturated rings. The number of anilines is 1. The van der Waals surface area contributed by atoms with Crippen molar-refractivity contribution in [3.63, 3.8) is 0 Å². The third-order valence-electron chi connectivity index (χ3n) is 5.54. The summed E-state index contributed by atoms with van der Waals surface area (Å²) in [5, 5.41) is 8.90. The molecule has 4 nitrogen and oxygen atoms in total. The highest BCUT2D eigenvalue weighted by Crippen LogP contribution is 2.29. The van der Waals surface area contributed by atoms with E-state index in [9.17, 15) is 4.79 Å². The molecule has 0 aliphatic carbocycles. The highest BCUT2D eigenvalue weighted by molar-refractivity contribution is 9.10. The lowest BCUT2D eigenvalue weighted by atomic mass is 10.0. The maximum atomic E-state index is 12.4. The number of amides is 1. The van der Waals surface area contributed by atoms with Gasteiger partial charge in [-0.1, -0.05) is 131 Å². The van der Waals surface area contributed by atoms with E-state index in [-0.39, 0.29) is 11.0 Å². The van der Waals surface area contributed by atoms with E-state index in [0.29, 0.717) is 6.42 Å². The van der Waals surface area contributed by atoms with Crippen LogP contribution in [0, 0.1) is 0 Å². The van der Waals surface area contributed by atoms with Gasteiger partial charge in [0.2, 0.25) is 9.70 Å². The number of unbranched alkanes of at least 4 members (excludes halogenated alkanes) is 12. The van der Waals surface area contributed by atoms with Crippen molar-refractivity contribution in [1.82, 2.24) is 10.6 Å². The van der Waals surface area contributed by atoms with Crippen LogP contribution in [0.2, 0.25) is 0 Å². The molecule has 0 aliphatic rings. The molecule has 1 aromatic carbocycles. The van der Waals surface area contributed by atoms with Crippen LogP contribution in [0.15, 0.2) is 28.7 Å². The van der Waals surface area contributed by atoms with Gasteiger partial charge in [-0.3, -0.25) is 4.79 Å². The Hall–Kier alpha value is -0.270. The van der Waals surface area contributed by atoms with Crippen molar-refractivity contribution in [2.24, 2.45) is 0 Å². The topological polar surface area (TPSA) is 53.2 Å². The Morgan fingerprint density at radius 3 is 1.88 bits per heavy atom. The summed E-state index contributed by atoms with van der Waals surface area (Å²) in [5.74, 6) is -0.171. The number of para-hydroxylation sites is 1. The number of hydrogen-bond acceptors (Lipinski definition) is 2. The summed E-state index contributed by atoms with van der Waals surface area (Å²) in [4.78, 5) is 12.4. The number of carbonyl (C=O) groups is 1. The van der Waals surface area contributed by atoms with Gasteiger partial charge in [0.15, 0.2) is 5.11 Å². The minimum absolute atomic E-state index is 0.171. The van der Waals surface area contributed by atoms with Gasteiger partial charge in [-0.05, 0) is 46.7 Å². The standard InChI is InChI=1S/C25H39BrCl3N3OS/c1-2-3-4-5-6-7-8-9-10-11-12-13-14-19-22(33)31-23(25(27,28)29)32-24(34)30-21-18-16-15-17-20(21)26/h15-18,23H,2-14,19H2,1H3,(H,31,33)(H2,30,32,34)/t23-/m1/s1. The Kier molecular flexibility index (Phi) is 17.7. The highest BCUT2D eigenvalue weighted by atomic mass is 79.9. The summed E-state index contributed by atoms with van der Waals surface area (Å²) in [6, 6.07) is 7.51. The van der Waals surface area contributed by atoms with Crippen molar-refractivity contribution >= 4 is 79.7 Å². The van der Waals surface area contributed by atoms with E-state index in [1.165, 1.54) is 64.2 Å². The number of carbonyl (C=O) groups excluding carboxylic acids is 1. The molecule has 0 unspecified atom stereocenters. The van der Waals surface area contributed by atoms with Crippen LogP contribution in [0.5, 0.6) is 0 Å². The summed E-state index contributed by atoms with van der Waals surface area (Å²) in [6.45, 7) is 2.26. The third kappa shape index (κ3) is 15.7. The fraction of sp³-hybridized carbons (Fsp3) is 0.680. The van der Waals surface area contributed by atoms with Crippen molar-refractivity contribution < 1.29 is 4.79 Å². The van der Waals surface area contributed by atoms with Gasteiger partial charge in [0.1, 0.15) is 6.17 Å². The van der Waals surface area contributed by atoms with E-state index >= 15 is 0 Å². The van der Waals surface area contributed by atoms with Crippen LogP contribution in [0.25, 0.3) is 0 Å². The maximum Gasteiger partial charge on any atom is 0.228 e. The molecule has 1 amide bonds. The van der Waals surface area contributed by atoms with Gasteiger partial charge in [-0.15, -0.1) is 0 Å². The van der Waals surface area contributed by atoms with Gasteiger partial charge in [-0.25, -0.2) is 0 Å². The van der Waals surface area contributed by atoms with Crippen molar-refractivity contribution in [3.05, 3.63) is 28.7 Å². The molecule has 194 valence electrons. The first kappa shape index (κ1) is 31.8. The van der Waals surface area contributed by atoms with E-state index in [1.54, 1.807) is 0 Å². The average Bonchev–Trinajstić information content (AvgIpc) is 2.77. The molecular formula is C25H39BrCl3N3OS. The second kappa shape index (κ2) is 18.9. The normalized spacial score (nSPS) is 12.3. The van der Waals surface area contributed by atoms with Crippen LogP contribution in [0.1, 0.15) is 96.8 Å². The Morgan fingerprint density at radius 1 is 0.882 bits per heavy atom. The Balaban J connectivity index is 2.19. The molecule has 0 aromatic heterocycles. The lowest BCUT2D eigenvalue weighted by molar-refractivity contribution is -0.122. The first-order valence-electron chi connectivity index (χ1n) is 12.4. The van der Waals surface area contributed by atoms with E-state index in [4.69, 9.17) is 47.0 Å². The van der Waals surface area contributed by atoms with Crippen molar-refractivity contribution in [3.8, 4) is 0 Å². The second-order valence-electron chi connectivity index (χ2n) is 8.61. The number of thiocarbonyl (C=S) groups is 1. The smallest absolute Gasteiger partial charge is 0.228 e. The van der Waals surface area contributed by atoms with Gasteiger partial charge in [0.25, 0.3) is 0 Å². The number of rotatable bonds is 17. The van der Waals surface area contributed by atoms with Crippen molar-refractivity contribution in [2.75, 3.05) is 5.32 Å². The molecule has 1 aromatic rings. The molecule has 9 heteroatoms.